The highest BCUT2D eigenvalue weighted by Gasteiger charge is 2.37. The third kappa shape index (κ3) is 2.06. The minimum Gasteiger partial charge on any atom is -0.477 e. The molecule has 0 radical (unpaired) electrons. The van der Waals surface area contributed by atoms with Gasteiger partial charge in [-0.05, 0) is 19.8 Å². The van der Waals surface area contributed by atoms with Crippen molar-refractivity contribution in [3.05, 3.63) is 27.9 Å². The Kier molecular flexibility index (Phi) is 3.15. The van der Waals surface area contributed by atoms with Gasteiger partial charge < -0.3 is 5.11 Å². The molecule has 0 aliphatic carbocycles. The van der Waals surface area contributed by atoms with E-state index in [-0.39, 0.29) is 11.6 Å². The second kappa shape index (κ2) is 4.20. The molecule has 2 rings (SSSR count). The van der Waals surface area contributed by atoms with E-state index in [1.54, 1.807) is 0 Å². The number of aromatic carboxylic acids is 1. The minimum atomic E-state index is -1.25. The molecule has 1 atom stereocenters. The molecule has 0 aromatic carbocycles. The van der Waals surface area contributed by atoms with Gasteiger partial charge in [-0.25, -0.2) is 9.78 Å². The third-order valence-corrected chi connectivity index (χ3v) is 4.37. The molecule has 0 saturated carbocycles. The second-order valence-electron chi connectivity index (χ2n) is 4.07. The summed E-state index contributed by atoms with van der Waals surface area (Å²) in [4.78, 5) is 27.0. The minimum absolute atomic E-state index is 0.0486. The van der Waals surface area contributed by atoms with Crippen molar-refractivity contribution in [1.29, 1.82) is 0 Å². The van der Waals surface area contributed by atoms with Crippen molar-refractivity contribution in [3.8, 4) is 0 Å². The zero-order valence-corrected chi connectivity index (χ0v) is 12.2. The van der Waals surface area contributed by atoms with Crippen LogP contribution in [-0.2, 0) is 3.23 Å². The monoisotopic (exact) mass is 364 g/mol. The van der Waals surface area contributed by atoms with Gasteiger partial charge in [0.1, 0.15) is 14.6 Å². The molecule has 1 N–H and O–H groups in total. The van der Waals surface area contributed by atoms with Crippen molar-refractivity contribution in [2.75, 3.05) is 0 Å². The highest BCUT2D eigenvalue weighted by molar-refractivity contribution is 9.24. The number of carbonyl (C=O) groups is 1. The number of rotatable bonds is 1. The lowest BCUT2D eigenvalue weighted by atomic mass is 10.0. The van der Waals surface area contributed by atoms with Crippen LogP contribution in [0, 0.1) is 0 Å². The van der Waals surface area contributed by atoms with E-state index in [1.165, 1.54) is 4.57 Å². The summed E-state index contributed by atoms with van der Waals surface area (Å²) in [5.41, 5.74) is -0.795. The topological polar surface area (TPSA) is 72.2 Å². The quantitative estimate of drug-likeness (QED) is 0.774. The van der Waals surface area contributed by atoms with Crippen molar-refractivity contribution in [2.45, 2.75) is 29.0 Å². The highest BCUT2D eigenvalue weighted by Crippen LogP contribution is 2.46. The molecular formula is C10H10Br2N2O3. The Balaban J connectivity index is 2.73. The van der Waals surface area contributed by atoms with Crippen LogP contribution in [0.25, 0.3) is 0 Å². The number of aromatic nitrogens is 2. The Bertz CT molecular complexity index is 539. The number of alkyl halides is 2. The number of carboxylic acids is 1. The molecule has 0 spiro atoms. The number of fused-ring (bicyclic) bond motifs is 1. The van der Waals surface area contributed by atoms with Crippen LogP contribution in [0.4, 0.5) is 0 Å². The number of nitrogens with zero attached hydrogens (tertiary/aromatic N) is 2. The van der Waals surface area contributed by atoms with Gasteiger partial charge in [-0.3, -0.25) is 9.36 Å². The lowest BCUT2D eigenvalue weighted by molar-refractivity contribution is 0.0693. The summed E-state index contributed by atoms with van der Waals surface area (Å²) in [6.07, 6.45) is 2.67. The Hall–Kier alpha value is -0.690. The molecular weight excluding hydrogens is 356 g/mol. The average Bonchev–Trinajstić information content (AvgIpc) is 2.23. The molecule has 17 heavy (non-hydrogen) atoms. The summed E-state index contributed by atoms with van der Waals surface area (Å²) in [5.74, 6) is -0.725. The summed E-state index contributed by atoms with van der Waals surface area (Å²) in [6, 6.07) is -0.0486. The van der Waals surface area contributed by atoms with Crippen LogP contribution in [0.3, 0.4) is 0 Å². The summed E-state index contributed by atoms with van der Waals surface area (Å²) < 4.78 is 0.888. The van der Waals surface area contributed by atoms with Crippen LogP contribution < -0.4 is 5.56 Å². The van der Waals surface area contributed by atoms with Gasteiger partial charge in [-0.2, -0.15) is 0 Å². The van der Waals surface area contributed by atoms with E-state index in [0.29, 0.717) is 5.82 Å². The maximum atomic E-state index is 12.1. The van der Waals surface area contributed by atoms with Gasteiger partial charge in [-0.15, -0.1) is 0 Å². The molecule has 1 aliphatic rings. The van der Waals surface area contributed by atoms with Crippen molar-refractivity contribution >= 4 is 37.8 Å². The normalized spacial score (nSPS) is 21.9. The van der Waals surface area contributed by atoms with Crippen molar-refractivity contribution < 1.29 is 9.90 Å². The van der Waals surface area contributed by atoms with Gasteiger partial charge in [0, 0.05) is 12.2 Å². The van der Waals surface area contributed by atoms with Gasteiger partial charge in [-0.1, -0.05) is 31.9 Å². The fraction of sp³-hybridized carbons (Fsp3) is 0.500. The first-order valence-electron chi connectivity index (χ1n) is 5.07. The smallest absolute Gasteiger partial charge is 0.342 e. The Morgan fingerprint density at radius 2 is 2.29 bits per heavy atom. The predicted molar refractivity (Wildman–Crippen MR) is 68.9 cm³/mol. The van der Waals surface area contributed by atoms with Crippen LogP contribution in [0.1, 0.15) is 42.0 Å². The summed E-state index contributed by atoms with van der Waals surface area (Å²) in [6.45, 7) is 1.88. The van der Waals surface area contributed by atoms with E-state index in [9.17, 15) is 9.59 Å². The van der Waals surface area contributed by atoms with Crippen LogP contribution in [-0.4, -0.2) is 20.6 Å². The number of halogens is 2. The maximum absolute atomic E-state index is 12.1. The highest BCUT2D eigenvalue weighted by atomic mass is 79.9. The number of hydrogen-bond donors (Lipinski definition) is 1. The second-order valence-corrected chi connectivity index (χ2v) is 7.84. The molecule has 1 aliphatic heterocycles. The Morgan fingerprint density at radius 3 is 2.88 bits per heavy atom. The van der Waals surface area contributed by atoms with Gasteiger partial charge in [0.2, 0.25) is 0 Å². The molecule has 5 nitrogen and oxygen atoms in total. The molecule has 92 valence electrons. The lowest BCUT2D eigenvalue weighted by Crippen LogP contribution is -2.38. The zero-order chi connectivity index (χ0) is 12.8. The first kappa shape index (κ1) is 12.8. The largest absolute Gasteiger partial charge is 0.477 e. The summed E-state index contributed by atoms with van der Waals surface area (Å²) >= 11 is 6.92. The SMILES string of the molecule is C[C@@H]1CCC(Br)(Br)c2ncc(C(=O)O)c(=O)n21. The fourth-order valence-electron chi connectivity index (χ4n) is 1.93. The zero-order valence-electron chi connectivity index (χ0n) is 8.98. The van der Waals surface area contributed by atoms with E-state index in [1.807, 2.05) is 6.92 Å². The maximum Gasteiger partial charge on any atom is 0.342 e. The van der Waals surface area contributed by atoms with E-state index >= 15 is 0 Å². The molecule has 1 aromatic rings. The van der Waals surface area contributed by atoms with E-state index in [0.717, 1.165) is 19.0 Å². The fourth-order valence-corrected chi connectivity index (χ4v) is 2.97. The van der Waals surface area contributed by atoms with E-state index in [2.05, 4.69) is 36.8 Å². The van der Waals surface area contributed by atoms with E-state index < -0.39 is 14.8 Å². The van der Waals surface area contributed by atoms with Crippen molar-refractivity contribution in [3.63, 3.8) is 0 Å². The van der Waals surface area contributed by atoms with Crippen molar-refractivity contribution in [1.82, 2.24) is 9.55 Å². The van der Waals surface area contributed by atoms with Gasteiger partial charge in [0.05, 0.1) is 0 Å². The van der Waals surface area contributed by atoms with Crippen molar-refractivity contribution in [2.24, 2.45) is 0 Å². The number of carboxylic acid groups (broad SMARTS) is 1. The molecule has 2 heterocycles. The molecule has 0 bridgehead atoms. The summed E-state index contributed by atoms with van der Waals surface area (Å²) in [5, 5.41) is 8.91. The predicted octanol–water partition coefficient (Wildman–Crippen LogP) is 2.24. The van der Waals surface area contributed by atoms with Crippen LogP contribution in [0.15, 0.2) is 11.0 Å². The average molecular weight is 366 g/mol. The van der Waals surface area contributed by atoms with Gasteiger partial charge in [0.25, 0.3) is 5.56 Å². The molecule has 0 unspecified atom stereocenters. The first-order chi connectivity index (χ1) is 7.84. The van der Waals surface area contributed by atoms with Gasteiger partial charge >= 0.3 is 5.97 Å². The van der Waals surface area contributed by atoms with E-state index in [4.69, 9.17) is 5.11 Å². The molecule has 0 amide bonds. The van der Waals surface area contributed by atoms with Gasteiger partial charge in [0.15, 0.2) is 0 Å². The molecule has 0 saturated heterocycles. The Morgan fingerprint density at radius 1 is 1.65 bits per heavy atom. The van der Waals surface area contributed by atoms with Crippen LogP contribution in [0.2, 0.25) is 0 Å². The van der Waals surface area contributed by atoms with Crippen LogP contribution in [0.5, 0.6) is 0 Å². The standard InChI is InChI=1S/C10H10Br2N2O3/c1-5-2-3-10(11,12)9-13-4-6(8(16)17)7(15)14(5)9/h4-5H,2-3H2,1H3,(H,16,17)/t5-/m1/s1. The van der Waals surface area contributed by atoms with Crippen LogP contribution >= 0.6 is 31.9 Å². The Labute approximate surface area is 114 Å². The third-order valence-electron chi connectivity index (χ3n) is 2.87. The molecule has 7 heteroatoms. The first-order valence-corrected chi connectivity index (χ1v) is 6.66. The molecule has 0 fully saturated rings. The number of hydrogen-bond acceptors (Lipinski definition) is 3. The molecule has 1 aromatic heterocycles. The lowest BCUT2D eigenvalue weighted by Gasteiger charge is -2.32. The summed E-state index contributed by atoms with van der Waals surface area (Å²) in [7, 11) is 0.